The van der Waals surface area contributed by atoms with Crippen molar-refractivity contribution < 1.29 is 9.47 Å². The van der Waals surface area contributed by atoms with E-state index < -0.39 is 6.29 Å². The Labute approximate surface area is 167 Å². The summed E-state index contributed by atoms with van der Waals surface area (Å²) in [7, 11) is 0. The quantitative estimate of drug-likeness (QED) is 0.503. The van der Waals surface area contributed by atoms with Crippen molar-refractivity contribution >= 4 is 28.1 Å². The Kier molecular flexibility index (Phi) is 3.46. The Morgan fingerprint density at radius 1 is 0.759 bits per heavy atom. The molecule has 0 atom stereocenters. The average molecular weight is 379 g/mol. The lowest BCUT2D eigenvalue weighted by Gasteiger charge is -2.30. The molecule has 0 radical (unpaired) electrons. The SMILES string of the molecule is C1=C(C2Oc3ccccc3O2)Nc2ccccc2N1c1ccc2ccccc2n1. The van der Waals surface area contributed by atoms with E-state index in [2.05, 4.69) is 28.4 Å². The topological polar surface area (TPSA) is 46.6 Å². The Morgan fingerprint density at radius 2 is 1.48 bits per heavy atom. The molecule has 5 heteroatoms. The summed E-state index contributed by atoms with van der Waals surface area (Å²) in [6.07, 6.45) is 1.46. The molecule has 6 rings (SSSR count). The normalized spacial score (nSPS) is 15.0. The number of pyridine rings is 1. The smallest absolute Gasteiger partial charge is 0.284 e. The van der Waals surface area contributed by atoms with Crippen LogP contribution in [0, 0.1) is 0 Å². The summed E-state index contributed by atoms with van der Waals surface area (Å²) in [5.41, 5.74) is 3.77. The van der Waals surface area contributed by atoms with Gasteiger partial charge in [0.25, 0.3) is 6.29 Å². The van der Waals surface area contributed by atoms with Gasteiger partial charge in [-0.15, -0.1) is 0 Å². The van der Waals surface area contributed by atoms with Crippen molar-refractivity contribution in [3.8, 4) is 11.5 Å². The molecule has 5 nitrogen and oxygen atoms in total. The van der Waals surface area contributed by atoms with Gasteiger partial charge >= 0.3 is 0 Å². The van der Waals surface area contributed by atoms with Crippen molar-refractivity contribution in [3.05, 3.63) is 96.8 Å². The van der Waals surface area contributed by atoms with Gasteiger partial charge in [-0.3, -0.25) is 4.90 Å². The summed E-state index contributed by atoms with van der Waals surface area (Å²) in [4.78, 5) is 6.94. The van der Waals surface area contributed by atoms with Crippen LogP contribution in [0.1, 0.15) is 0 Å². The van der Waals surface area contributed by atoms with Crippen molar-refractivity contribution in [1.29, 1.82) is 0 Å². The molecule has 0 spiro atoms. The van der Waals surface area contributed by atoms with Crippen LogP contribution in [0.3, 0.4) is 0 Å². The molecule has 0 saturated heterocycles. The number of para-hydroxylation sites is 5. The molecule has 0 aliphatic carbocycles. The molecule has 2 aliphatic rings. The van der Waals surface area contributed by atoms with E-state index in [9.17, 15) is 0 Å². The zero-order valence-electron chi connectivity index (χ0n) is 15.4. The first-order valence-electron chi connectivity index (χ1n) is 9.50. The maximum absolute atomic E-state index is 6.02. The van der Waals surface area contributed by atoms with Crippen molar-refractivity contribution in [2.75, 3.05) is 10.2 Å². The van der Waals surface area contributed by atoms with Gasteiger partial charge in [0.1, 0.15) is 11.5 Å². The Hall–Kier alpha value is -3.99. The molecule has 0 fully saturated rings. The molecule has 1 N–H and O–H groups in total. The average Bonchev–Trinajstić information content (AvgIpc) is 3.22. The van der Waals surface area contributed by atoms with E-state index in [1.165, 1.54) is 0 Å². The molecular formula is C24H17N3O2. The first-order valence-corrected chi connectivity index (χ1v) is 9.50. The van der Waals surface area contributed by atoms with Gasteiger partial charge in [0.15, 0.2) is 11.5 Å². The third kappa shape index (κ3) is 2.67. The molecule has 1 aromatic heterocycles. The molecule has 2 aliphatic heterocycles. The fraction of sp³-hybridized carbons (Fsp3) is 0.0417. The molecule has 0 saturated carbocycles. The number of ether oxygens (including phenoxy) is 2. The first-order chi connectivity index (χ1) is 14.3. The molecule has 0 unspecified atom stereocenters. The summed E-state index contributed by atoms with van der Waals surface area (Å²) in [6, 6.07) is 28.1. The van der Waals surface area contributed by atoms with Gasteiger partial charge in [0.2, 0.25) is 0 Å². The van der Waals surface area contributed by atoms with Crippen molar-refractivity contribution in [2.24, 2.45) is 0 Å². The lowest BCUT2D eigenvalue weighted by molar-refractivity contribution is 0.0845. The van der Waals surface area contributed by atoms with Crippen LogP contribution in [0.4, 0.5) is 17.2 Å². The molecule has 29 heavy (non-hydrogen) atoms. The minimum Gasteiger partial charge on any atom is -0.445 e. The van der Waals surface area contributed by atoms with Crippen LogP contribution in [-0.2, 0) is 0 Å². The minimum atomic E-state index is -0.538. The Bertz CT molecular complexity index is 1240. The van der Waals surface area contributed by atoms with Gasteiger partial charge in [0.05, 0.1) is 16.9 Å². The molecule has 0 amide bonds. The number of aromatic nitrogens is 1. The maximum atomic E-state index is 6.02. The number of hydrogen-bond donors (Lipinski definition) is 1. The number of hydrogen-bond acceptors (Lipinski definition) is 5. The fourth-order valence-corrected chi connectivity index (χ4v) is 3.71. The van der Waals surface area contributed by atoms with E-state index in [0.717, 1.165) is 45.3 Å². The lowest BCUT2D eigenvalue weighted by atomic mass is 10.1. The van der Waals surface area contributed by atoms with Crippen LogP contribution >= 0.6 is 0 Å². The summed E-state index contributed by atoms with van der Waals surface area (Å²) < 4.78 is 12.0. The van der Waals surface area contributed by atoms with E-state index in [1.54, 1.807) is 0 Å². The molecule has 3 heterocycles. The molecule has 0 bridgehead atoms. The molecule has 4 aromatic rings. The van der Waals surface area contributed by atoms with E-state index in [-0.39, 0.29) is 0 Å². The van der Waals surface area contributed by atoms with Crippen molar-refractivity contribution in [2.45, 2.75) is 6.29 Å². The zero-order chi connectivity index (χ0) is 19.2. The van der Waals surface area contributed by atoms with E-state index in [0.29, 0.717) is 0 Å². The van der Waals surface area contributed by atoms with E-state index in [4.69, 9.17) is 14.5 Å². The van der Waals surface area contributed by atoms with Crippen LogP contribution in [0.15, 0.2) is 96.8 Å². The van der Waals surface area contributed by atoms with Gasteiger partial charge in [-0.2, -0.15) is 0 Å². The van der Waals surface area contributed by atoms with Crippen LogP contribution < -0.4 is 19.7 Å². The highest BCUT2D eigenvalue weighted by Crippen LogP contribution is 2.41. The zero-order valence-corrected chi connectivity index (χ0v) is 15.4. The maximum Gasteiger partial charge on any atom is 0.284 e. The molecule has 140 valence electrons. The summed E-state index contributed by atoms with van der Waals surface area (Å²) in [6.45, 7) is 0. The van der Waals surface area contributed by atoms with Crippen LogP contribution in [-0.4, -0.2) is 11.3 Å². The second-order valence-corrected chi connectivity index (χ2v) is 6.97. The molecule has 3 aromatic carbocycles. The fourth-order valence-electron chi connectivity index (χ4n) is 3.71. The predicted molar refractivity (Wildman–Crippen MR) is 114 cm³/mol. The van der Waals surface area contributed by atoms with Crippen LogP contribution in [0.5, 0.6) is 11.5 Å². The predicted octanol–water partition coefficient (Wildman–Crippen LogP) is 5.44. The highest BCUT2D eigenvalue weighted by molar-refractivity contribution is 5.85. The number of anilines is 3. The van der Waals surface area contributed by atoms with Crippen molar-refractivity contribution in [1.82, 2.24) is 4.98 Å². The third-order valence-corrected chi connectivity index (χ3v) is 5.11. The third-order valence-electron chi connectivity index (χ3n) is 5.11. The highest BCUT2D eigenvalue weighted by Gasteiger charge is 2.31. The monoisotopic (exact) mass is 379 g/mol. The number of nitrogens with one attached hydrogen (secondary N) is 1. The van der Waals surface area contributed by atoms with Crippen LogP contribution in [0.25, 0.3) is 10.9 Å². The van der Waals surface area contributed by atoms with Gasteiger partial charge in [0, 0.05) is 11.6 Å². The van der Waals surface area contributed by atoms with E-state index in [1.807, 2.05) is 72.9 Å². The van der Waals surface area contributed by atoms with E-state index >= 15 is 0 Å². The highest BCUT2D eigenvalue weighted by atomic mass is 16.7. The van der Waals surface area contributed by atoms with Gasteiger partial charge in [-0.05, 0) is 42.5 Å². The second-order valence-electron chi connectivity index (χ2n) is 6.97. The summed E-state index contributed by atoms with van der Waals surface area (Å²) in [5, 5.41) is 4.57. The summed E-state index contributed by atoms with van der Waals surface area (Å²) >= 11 is 0. The summed E-state index contributed by atoms with van der Waals surface area (Å²) in [5.74, 6) is 2.33. The van der Waals surface area contributed by atoms with Crippen LogP contribution in [0.2, 0.25) is 0 Å². The number of rotatable bonds is 2. The standard InChI is InChI=1S/C24H17N3O2/c1-2-8-17-16(7-1)13-14-23(26-17)27-15-19(25-18-9-3-4-10-20(18)27)24-28-21-11-5-6-12-22(21)29-24/h1-15,24-25H. The van der Waals surface area contributed by atoms with Gasteiger partial charge < -0.3 is 14.8 Å². The first kappa shape index (κ1) is 16.0. The second kappa shape index (κ2) is 6.27. The Morgan fingerprint density at radius 3 is 2.34 bits per heavy atom. The Balaban J connectivity index is 1.43. The minimum absolute atomic E-state index is 0.538. The van der Waals surface area contributed by atoms with Crippen molar-refractivity contribution in [3.63, 3.8) is 0 Å². The largest absolute Gasteiger partial charge is 0.445 e. The lowest BCUT2D eigenvalue weighted by Crippen LogP contribution is -2.31. The number of fused-ring (bicyclic) bond motifs is 3. The number of nitrogens with zero attached hydrogens (tertiary/aromatic N) is 2. The number of benzene rings is 3. The van der Waals surface area contributed by atoms with Gasteiger partial charge in [-0.25, -0.2) is 4.98 Å². The van der Waals surface area contributed by atoms with Gasteiger partial charge in [-0.1, -0.05) is 42.5 Å². The molecular weight excluding hydrogens is 362 g/mol.